The van der Waals surface area contributed by atoms with Gasteiger partial charge in [0, 0.05) is 45.9 Å². The first-order chi connectivity index (χ1) is 17.5. The number of carbonyl (C=O) groups is 1. The van der Waals surface area contributed by atoms with E-state index in [2.05, 4.69) is 14.7 Å². The lowest BCUT2D eigenvalue weighted by Gasteiger charge is -2.29. The Balaban J connectivity index is 1.72. The minimum absolute atomic E-state index is 0.117. The average molecular weight is 557 g/mol. The van der Waals surface area contributed by atoms with E-state index in [1.54, 1.807) is 23.1 Å². The molecule has 2 N–H and O–H groups in total. The second-order valence-corrected chi connectivity index (χ2v) is 11.5. The molecular weight excluding hydrogens is 535 g/mol. The molecule has 2 unspecified atom stereocenters. The van der Waals surface area contributed by atoms with Crippen molar-refractivity contribution >= 4 is 55.7 Å². The second-order valence-electron chi connectivity index (χ2n) is 9.03. The van der Waals surface area contributed by atoms with Crippen molar-refractivity contribution in [2.75, 3.05) is 11.2 Å². The number of anilines is 1. The number of rotatable bonds is 5. The van der Waals surface area contributed by atoms with Crippen molar-refractivity contribution in [1.29, 1.82) is 0 Å². The summed E-state index contributed by atoms with van der Waals surface area (Å²) in [5.74, 6) is -1.55. The smallest absolute Gasteiger partial charge is 0.257 e. The zero-order chi connectivity index (χ0) is 26.5. The molecule has 3 heterocycles. The summed E-state index contributed by atoms with van der Waals surface area (Å²) in [4.78, 5) is 35.3. The highest BCUT2D eigenvalue weighted by Gasteiger charge is 2.46. The van der Waals surface area contributed by atoms with Gasteiger partial charge in [-0.05, 0) is 42.3 Å². The van der Waals surface area contributed by atoms with Gasteiger partial charge in [-0.1, -0.05) is 53.5 Å². The highest BCUT2D eigenvalue weighted by molar-refractivity contribution is 7.89. The molecule has 0 spiro atoms. The Kier molecular flexibility index (Phi) is 6.47. The molecule has 1 aliphatic heterocycles. The third kappa shape index (κ3) is 4.82. The van der Waals surface area contributed by atoms with E-state index in [-0.39, 0.29) is 17.3 Å². The van der Waals surface area contributed by atoms with E-state index < -0.39 is 27.9 Å². The molecular formula is C26H22Cl2N4O4S. The predicted molar refractivity (Wildman–Crippen MR) is 145 cm³/mol. The fourth-order valence-electron chi connectivity index (χ4n) is 4.86. The van der Waals surface area contributed by atoms with E-state index in [0.717, 1.165) is 22.7 Å². The van der Waals surface area contributed by atoms with Crippen molar-refractivity contribution in [3.63, 3.8) is 0 Å². The van der Waals surface area contributed by atoms with Crippen LogP contribution in [0.15, 0.2) is 65.6 Å². The minimum Gasteiger partial charge on any atom is -0.354 e. The van der Waals surface area contributed by atoms with Gasteiger partial charge in [0.2, 0.25) is 10.0 Å². The summed E-state index contributed by atoms with van der Waals surface area (Å²) in [6.45, 7) is 1.94. The number of halogens is 2. The molecule has 4 aromatic rings. The van der Waals surface area contributed by atoms with Crippen molar-refractivity contribution in [3.05, 3.63) is 104 Å². The number of pyridine rings is 2. The van der Waals surface area contributed by atoms with E-state index in [4.69, 9.17) is 23.2 Å². The van der Waals surface area contributed by atoms with Crippen molar-refractivity contribution in [3.8, 4) is 0 Å². The number of nitrogens with zero attached hydrogens (tertiary/aromatic N) is 2. The maximum Gasteiger partial charge on any atom is 0.257 e. The third-order valence-electron chi connectivity index (χ3n) is 6.43. The highest BCUT2D eigenvalue weighted by Crippen LogP contribution is 2.47. The summed E-state index contributed by atoms with van der Waals surface area (Å²) >= 11 is 13.1. The number of sulfonamides is 1. The number of hydrogen-bond donors (Lipinski definition) is 2. The van der Waals surface area contributed by atoms with Gasteiger partial charge in [0.05, 0.1) is 11.8 Å². The predicted octanol–water partition coefficient (Wildman–Crippen LogP) is 4.13. The normalized spacial score (nSPS) is 17.1. The minimum atomic E-state index is -3.89. The Labute approximate surface area is 223 Å². The Hall–Kier alpha value is -3.40. The zero-order valence-electron chi connectivity index (χ0n) is 19.8. The van der Waals surface area contributed by atoms with Crippen LogP contribution in [0.4, 0.5) is 5.69 Å². The van der Waals surface area contributed by atoms with Gasteiger partial charge < -0.3 is 9.88 Å². The van der Waals surface area contributed by atoms with E-state index in [9.17, 15) is 18.0 Å². The van der Waals surface area contributed by atoms with Gasteiger partial charge in [0.15, 0.2) is 0 Å². The number of aromatic amines is 1. The van der Waals surface area contributed by atoms with Gasteiger partial charge in [0.25, 0.3) is 11.5 Å². The van der Waals surface area contributed by atoms with E-state index in [0.29, 0.717) is 27.4 Å². The number of fused-ring (bicyclic) bond motifs is 2. The summed E-state index contributed by atoms with van der Waals surface area (Å²) in [5, 5.41) is 1.58. The number of benzene rings is 2. The van der Waals surface area contributed by atoms with Gasteiger partial charge in [-0.25, -0.2) is 13.4 Å². The van der Waals surface area contributed by atoms with Crippen LogP contribution in [0.3, 0.4) is 0 Å². The largest absolute Gasteiger partial charge is 0.354 e. The molecule has 0 bridgehead atoms. The topological polar surface area (TPSA) is 112 Å². The first-order valence-corrected chi connectivity index (χ1v) is 14.0. The average Bonchev–Trinajstić information content (AvgIpc) is 3.12. The number of aryl methyl sites for hydroxylation is 1. The maximum atomic E-state index is 13.6. The summed E-state index contributed by atoms with van der Waals surface area (Å²) in [6, 6.07) is 15.1. The number of H-pyrrole nitrogens is 1. The Morgan fingerprint density at radius 2 is 1.86 bits per heavy atom. The van der Waals surface area contributed by atoms with Gasteiger partial charge >= 0.3 is 0 Å². The van der Waals surface area contributed by atoms with Crippen LogP contribution < -0.4 is 15.2 Å². The molecule has 0 fully saturated rings. The lowest BCUT2D eigenvalue weighted by Crippen LogP contribution is -2.49. The molecule has 0 saturated heterocycles. The van der Waals surface area contributed by atoms with Crippen LogP contribution in [0.2, 0.25) is 10.2 Å². The summed E-state index contributed by atoms with van der Waals surface area (Å²) in [6.07, 6.45) is 2.41. The van der Waals surface area contributed by atoms with Crippen LogP contribution in [0.5, 0.6) is 0 Å². The summed E-state index contributed by atoms with van der Waals surface area (Å²) < 4.78 is 26.3. The lowest BCUT2D eigenvalue weighted by molar-refractivity contribution is -0.120. The molecule has 8 nitrogen and oxygen atoms in total. The fourth-order valence-corrected chi connectivity index (χ4v) is 5.71. The van der Waals surface area contributed by atoms with Crippen molar-refractivity contribution in [2.24, 2.45) is 0 Å². The molecule has 2 aromatic carbocycles. The molecule has 1 amide bonds. The molecule has 1 aliphatic rings. The second kappa shape index (κ2) is 9.48. The third-order valence-corrected chi connectivity index (χ3v) is 7.74. The fraction of sp³-hybridized carbons (Fsp3) is 0.192. The summed E-state index contributed by atoms with van der Waals surface area (Å²) in [5.41, 5.74) is 3.32. The summed E-state index contributed by atoms with van der Waals surface area (Å²) in [7, 11) is -3.89. The molecule has 37 heavy (non-hydrogen) atoms. The monoisotopic (exact) mass is 556 g/mol. The number of nitrogens with one attached hydrogen (secondary N) is 2. The zero-order valence-corrected chi connectivity index (χ0v) is 22.2. The molecule has 0 saturated carbocycles. The van der Waals surface area contributed by atoms with Crippen molar-refractivity contribution in [1.82, 2.24) is 14.7 Å². The molecule has 0 radical (unpaired) electrons. The number of aromatic nitrogens is 2. The van der Waals surface area contributed by atoms with Crippen LogP contribution in [0, 0.1) is 6.92 Å². The van der Waals surface area contributed by atoms with Gasteiger partial charge in [-0.2, -0.15) is 0 Å². The lowest BCUT2D eigenvalue weighted by atomic mass is 9.87. The molecule has 5 rings (SSSR count). The van der Waals surface area contributed by atoms with Crippen molar-refractivity contribution < 1.29 is 13.2 Å². The van der Waals surface area contributed by atoms with E-state index in [1.807, 2.05) is 43.3 Å². The number of carbonyl (C=O) groups excluding carboxylic acids is 1. The Morgan fingerprint density at radius 1 is 1.11 bits per heavy atom. The Bertz CT molecular complexity index is 1720. The van der Waals surface area contributed by atoms with Crippen LogP contribution in [-0.4, -0.2) is 36.6 Å². The van der Waals surface area contributed by atoms with E-state index in [1.165, 1.54) is 6.20 Å². The van der Waals surface area contributed by atoms with Crippen molar-refractivity contribution in [2.45, 2.75) is 25.4 Å². The number of amides is 1. The molecule has 190 valence electrons. The molecule has 2 atom stereocenters. The molecule has 0 aliphatic carbocycles. The number of hydrogen-bond acceptors (Lipinski definition) is 6. The standard InChI is InChI=1S/C26H22Cl2N4O4S/c1-14-10-18-21(12-19(14)27)32(13-16-11-15-6-3-4-8-20(15)30-24(16)28)23(26(34)31-37(2,35)36)22(18)17-7-5-9-29-25(17)33/h3-12,22-23H,13H2,1-2H3,(H,29,33)(H,31,34). The van der Waals surface area contributed by atoms with Crippen LogP contribution in [0.1, 0.15) is 28.2 Å². The maximum absolute atomic E-state index is 13.6. The van der Waals surface area contributed by atoms with Gasteiger partial charge in [0.1, 0.15) is 11.2 Å². The molecule has 11 heteroatoms. The first kappa shape index (κ1) is 25.3. The SMILES string of the molecule is Cc1cc2c(cc1Cl)N(Cc1cc3ccccc3nc1Cl)C(C(=O)NS(C)(=O)=O)C2c1ccc[nH]c1=O. The number of para-hydroxylation sites is 1. The van der Waals surface area contributed by atoms with Crippen LogP contribution in [0.25, 0.3) is 10.9 Å². The highest BCUT2D eigenvalue weighted by atomic mass is 35.5. The van der Waals surface area contributed by atoms with Crippen LogP contribution >= 0.6 is 23.2 Å². The molecule has 2 aromatic heterocycles. The van der Waals surface area contributed by atoms with E-state index >= 15 is 0 Å². The van der Waals surface area contributed by atoms with Gasteiger partial charge in [-0.15, -0.1) is 0 Å². The quantitative estimate of drug-likeness (QED) is 0.357. The van der Waals surface area contributed by atoms with Gasteiger partial charge in [-0.3, -0.25) is 14.3 Å². The first-order valence-electron chi connectivity index (χ1n) is 11.3. The van der Waals surface area contributed by atoms with Crippen LogP contribution in [-0.2, 0) is 21.4 Å². The Morgan fingerprint density at radius 3 is 2.59 bits per heavy atom.